The molecule has 0 fully saturated rings. The molecule has 4 heteroatoms. The summed E-state index contributed by atoms with van der Waals surface area (Å²) in [6, 6.07) is 9.14. The average Bonchev–Trinajstić information content (AvgIpc) is 2.83. The third kappa shape index (κ3) is 2.71. The van der Waals surface area contributed by atoms with Gasteiger partial charge in [-0.3, -0.25) is 9.48 Å². The number of rotatable bonds is 3. The second kappa shape index (κ2) is 5.11. The molecule has 0 bridgehead atoms. The lowest BCUT2D eigenvalue weighted by Gasteiger charge is -1.93. The van der Waals surface area contributed by atoms with Gasteiger partial charge in [-0.2, -0.15) is 10.4 Å². The van der Waals surface area contributed by atoms with E-state index in [4.69, 9.17) is 5.26 Å². The minimum Gasteiger partial charge on any atom is -0.289 e. The lowest BCUT2D eigenvalue weighted by atomic mass is 10.1. The van der Waals surface area contributed by atoms with Crippen LogP contribution in [0.4, 0.5) is 0 Å². The first-order valence-corrected chi connectivity index (χ1v) is 5.40. The van der Waals surface area contributed by atoms with Gasteiger partial charge in [0.2, 0.25) is 0 Å². The van der Waals surface area contributed by atoms with Gasteiger partial charge in [0.05, 0.1) is 23.4 Å². The summed E-state index contributed by atoms with van der Waals surface area (Å²) >= 11 is 0. The fraction of sp³-hybridized carbons (Fsp3) is 0.0714. The van der Waals surface area contributed by atoms with Gasteiger partial charge in [-0.25, -0.2) is 0 Å². The zero-order valence-electron chi connectivity index (χ0n) is 9.87. The van der Waals surface area contributed by atoms with Gasteiger partial charge in [0.1, 0.15) is 0 Å². The van der Waals surface area contributed by atoms with Crippen molar-refractivity contribution in [3.63, 3.8) is 0 Å². The summed E-state index contributed by atoms with van der Waals surface area (Å²) in [5, 5.41) is 12.7. The van der Waals surface area contributed by atoms with E-state index >= 15 is 0 Å². The highest BCUT2D eigenvalue weighted by Gasteiger charge is 2.03. The van der Waals surface area contributed by atoms with Crippen molar-refractivity contribution in [1.29, 1.82) is 5.26 Å². The molecule has 0 N–H and O–H groups in total. The predicted octanol–water partition coefficient (Wildman–Crippen LogP) is 2.19. The summed E-state index contributed by atoms with van der Waals surface area (Å²) in [5.41, 5.74) is 1.95. The third-order valence-electron chi connectivity index (χ3n) is 2.43. The van der Waals surface area contributed by atoms with Gasteiger partial charge in [0, 0.05) is 13.2 Å². The molecule has 88 valence electrons. The SMILES string of the molecule is Cn1cc(C(=O)/C=C/c2cccc(C#N)c2)cn1. The van der Waals surface area contributed by atoms with E-state index in [1.165, 1.54) is 12.3 Å². The second-order valence-corrected chi connectivity index (χ2v) is 3.84. The molecule has 0 atom stereocenters. The first-order chi connectivity index (χ1) is 8.69. The van der Waals surface area contributed by atoms with Crippen LogP contribution in [-0.2, 0) is 7.05 Å². The summed E-state index contributed by atoms with van der Waals surface area (Å²) < 4.78 is 1.58. The summed E-state index contributed by atoms with van der Waals surface area (Å²) in [7, 11) is 1.76. The molecule has 0 aliphatic heterocycles. The van der Waals surface area contributed by atoms with Crippen molar-refractivity contribution in [3.8, 4) is 6.07 Å². The highest BCUT2D eigenvalue weighted by atomic mass is 16.1. The van der Waals surface area contributed by atoms with Crippen LogP contribution >= 0.6 is 0 Å². The molecule has 1 heterocycles. The first kappa shape index (κ1) is 11.8. The van der Waals surface area contributed by atoms with Crippen molar-refractivity contribution < 1.29 is 4.79 Å². The molecule has 0 spiro atoms. The second-order valence-electron chi connectivity index (χ2n) is 3.84. The Labute approximate surface area is 105 Å². The average molecular weight is 237 g/mol. The van der Waals surface area contributed by atoms with E-state index in [0.717, 1.165) is 5.56 Å². The van der Waals surface area contributed by atoms with Crippen LogP contribution in [-0.4, -0.2) is 15.6 Å². The topological polar surface area (TPSA) is 58.7 Å². The molecule has 0 aliphatic rings. The van der Waals surface area contributed by atoms with Gasteiger partial charge in [0.25, 0.3) is 0 Å². The highest BCUT2D eigenvalue weighted by molar-refractivity contribution is 6.06. The van der Waals surface area contributed by atoms with Crippen molar-refractivity contribution >= 4 is 11.9 Å². The van der Waals surface area contributed by atoms with Crippen LogP contribution in [0.2, 0.25) is 0 Å². The molecular weight excluding hydrogens is 226 g/mol. The number of allylic oxidation sites excluding steroid dienone is 1. The zero-order valence-corrected chi connectivity index (χ0v) is 9.87. The van der Waals surface area contributed by atoms with Gasteiger partial charge in [0.15, 0.2) is 5.78 Å². The molecule has 2 rings (SSSR count). The summed E-state index contributed by atoms with van der Waals surface area (Å²) in [6.07, 6.45) is 6.36. The number of aryl methyl sites for hydroxylation is 1. The molecule has 2 aromatic rings. The Kier molecular flexibility index (Phi) is 3.35. The maximum Gasteiger partial charge on any atom is 0.189 e. The maximum absolute atomic E-state index is 11.8. The minimum absolute atomic E-state index is 0.106. The molecule has 0 unspecified atom stereocenters. The molecule has 0 saturated heterocycles. The van der Waals surface area contributed by atoms with Crippen molar-refractivity contribution in [2.24, 2.45) is 7.05 Å². The number of benzene rings is 1. The molecule has 1 aromatic heterocycles. The van der Waals surface area contributed by atoms with Crippen molar-refractivity contribution in [3.05, 3.63) is 59.4 Å². The molecule has 0 radical (unpaired) electrons. The quantitative estimate of drug-likeness (QED) is 0.607. The predicted molar refractivity (Wildman–Crippen MR) is 67.7 cm³/mol. The first-order valence-electron chi connectivity index (χ1n) is 5.40. The van der Waals surface area contributed by atoms with Gasteiger partial charge in [-0.1, -0.05) is 18.2 Å². The molecule has 18 heavy (non-hydrogen) atoms. The van der Waals surface area contributed by atoms with Crippen LogP contribution in [0.1, 0.15) is 21.5 Å². The summed E-state index contributed by atoms with van der Waals surface area (Å²) in [5.74, 6) is -0.106. The molecule has 4 nitrogen and oxygen atoms in total. The third-order valence-corrected chi connectivity index (χ3v) is 2.43. The van der Waals surface area contributed by atoms with E-state index in [9.17, 15) is 4.79 Å². The standard InChI is InChI=1S/C14H11N3O/c1-17-10-13(9-16-17)14(18)6-5-11-3-2-4-12(7-11)8-15/h2-7,9-10H,1H3/b6-5+. The maximum atomic E-state index is 11.8. The Morgan fingerprint density at radius 3 is 3.00 bits per heavy atom. The molecule has 0 amide bonds. The number of ketones is 1. The Balaban J connectivity index is 2.16. The Morgan fingerprint density at radius 1 is 1.50 bits per heavy atom. The number of nitriles is 1. The fourth-order valence-corrected chi connectivity index (χ4v) is 1.53. The Bertz CT molecular complexity index is 647. The fourth-order valence-electron chi connectivity index (χ4n) is 1.53. The number of carbonyl (C=O) groups excluding carboxylic acids is 1. The molecular formula is C14H11N3O. The van der Waals surface area contributed by atoms with Crippen LogP contribution in [0.25, 0.3) is 6.08 Å². The molecule has 1 aromatic carbocycles. The minimum atomic E-state index is -0.106. The lowest BCUT2D eigenvalue weighted by molar-refractivity contribution is 0.104. The van der Waals surface area contributed by atoms with Crippen LogP contribution in [0.15, 0.2) is 42.7 Å². The largest absolute Gasteiger partial charge is 0.289 e. The number of nitrogens with zero attached hydrogens (tertiary/aromatic N) is 3. The van der Waals surface area contributed by atoms with E-state index in [0.29, 0.717) is 11.1 Å². The zero-order chi connectivity index (χ0) is 13.0. The summed E-state index contributed by atoms with van der Waals surface area (Å²) in [6.45, 7) is 0. The Hall–Kier alpha value is -2.67. The Morgan fingerprint density at radius 2 is 2.33 bits per heavy atom. The van der Waals surface area contributed by atoms with Crippen LogP contribution < -0.4 is 0 Å². The number of aromatic nitrogens is 2. The van der Waals surface area contributed by atoms with Gasteiger partial charge >= 0.3 is 0 Å². The number of carbonyl (C=O) groups is 1. The van der Waals surface area contributed by atoms with Crippen molar-refractivity contribution in [2.45, 2.75) is 0 Å². The van der Waals surface area contributed by atoms with E-state index in [1.807, 2.05) is 6.07 Å². The van der Waals surface area contributed by atoms with E-state index in [-0.39, 0.29) is 5.78 Å². The normalized spacial score (nSPS) is 10.4. The van der Waals surface area contributed by atoms with E-state index in [1.54, 1.807) is 42.2 Å². The van der Waals surface area contributed by atoms with E-state index in [2.05, 4.69) is 11.2 Å². The van der Waals surface area contributed by atoms with Crippen molar-refractivity contribution in [2.75, 3.05) is 0 Å². The smallest absolute Gasteiger partial charge is 0.189 e. The van der Waals surface area contributed by atoms with Crippen molar-refractivity contribution in [1.82, 2.24) is 9.78 Å². The highest BCUT2D eigenvalue weighted by Crippen LogP contribution is 2.07. The summed E-state index contributed by atoms with van der Waals surface area (Å²) in [4.78, 5) is 11.8. The molecule has 0 aliphatic carbocycles. The van der Waals surface area contributed by atoms with Gasteiger partial charge in [-0.05, 0) is 23.8 Å². The molecule has 0 saturated carbocycles. The van der Waals surface area contributed by atoms with Crippen LogP contribution in [0, 0.1) is 11.3 Å². The van der Waals surface area contributed by atoms with E-state index < -0.39 is 0 Å². The number of hydrogen-bond acceptors (Lipinski definition) is 3. The van der Waals surface area contributed by atoms with Crippen LogP contribution in [0.3, 0.4) is 0 Å². The monoisotopic (exact) mass is 237 g/mol. The van der Waals surface area contributed by atoms with Crippen LogP contribution in [0.5, 0.6) is 0 Å². The van der Waals surface area contributed by atoms with Gasteiger partial charge in [-0.15, -0.1) is 0 Å². The lowest BCUT2D eigenvalue weighted by Crippen LogP contribution is -1.91. The number of hydrogen-bond donors (Lipinski definition) is 0. The van der Waals surface area contributed by atoms with Gasteiger partial charge < -0.3 is 0 Å².